The summed E-state index contributed by atoms with van der Waals surface area (Å²) < 4.78 is 0. The van der Waals surface area contributed by atoms with Gasteiger partial charge >= 0.3 is 0 Å². The summed E-state index contributed by atoms with van der Waals surface area (Å²) in [5.74, 6) is -0.106. The van der Waals surface area contributed by atoms with Crippen molar-refractivity contribution in [2.45, 2.75) is 40.2 Å². The molecular weight excluding hydrogens is 232 g/mol. The number of rotatable bonds is 3. The van der Waals surface area contributed by atoms with Gasteiger partial charge in [-0.2, -0.15) is 0 Å². The molecule has 1 atom stereocenters. The van der Waals surface area contributed by atoms with Crippen molar-refractivity contribution in [2.24, 2.45) is 5.41 Å². The van der Waals surface area contributed by atoms with E-state index in [9.17, 15) is 14.7 Å². The van der Waals surface area contributed by atoms with Crippen molar-refractivity contribution in [3.8, 4) is 0 Å². The molecule has 5 nitrogen and oxygen atoms in total. The van der Waals surface area contributed by atoms with Crippen molar-refractivity contribution in [3.05, 3.63) is 0 Å². The van der Waals surface area contributed by atoms with E-state index in [1.165, 1.54) is 6.92 Å². The molecule has 0 saturated carbocycles. The molecule has 1 fully saturated rings. The van der Waals surface area contributed by atoms with Crippen molar-refractivity contribution < 1.29 is 14.7 Å². The Morgan fingerprint density at radius 2 is 1.61 bits per heavy atom. The fraction of sp³-hybridized carbons (Fsp3) is 0.846. The van der Waals surface area contributed by atoms with Crippen LogP contribution < -0.4 is 0 Å². The number of amides is 2. The van der Waals surface area contributed by atoms with Crippen LogP contribution >= 0.6 is 0 Å². The fourth-order valence-corrected chi connectivity index (χ4v) is 1.97. The van der Waals surface area contributed by atoms with Crippen LogP contribution in [-0.2, 0) is 9.59 Å². The molecule has 0 bridgehead atoms. The summed E-state index contributed by atoms with van der Waals surface area (Å²) in [7, 11) is 0. The highest BCUT2D eigenvalue weighted by atomic mass is 16.3. The number of piperazine rings is 1. The monoisotopic (exact) mass is 256 g/mol. The second kappa shape index (κ2) is 5.69. The van der Waals surface area contributed by atoms with Gasteiger partial charge in [0.2, 0.25) is 5.91 Å². The Hall–Kier alpha value is -1.10. The highest BCUT2D eigenvalue weighted by Gasteiger charge is 2.33. The first-order valence-electron chi connectivity index (χ1n) is 6.56. The van der Waals surface area contributed by atoms with E-state index in [2.05, 4.69) is 0 Å². The Kier molecular flexibility index (Phi) is 4.73. The van der Waals surface area contributed by atoms with Crippen LogP contribution in [0.3, 0.4) is 0 Å². The smallest absolute Gasteiger partial charge is 0.251 e. The van der Waals surface area contributed by atoms with Crippen LogP contribution in [0.1, 0.15) is 34.1 Å². The third kappa shape index (κ3) is 3.22. The summed E-state index contributed by atoms with van der Waals surface area (Å²) in [4.78, 5) is 27.3. The third-order valence-corrected chi connectivity index (χ3v) is 3.70. The molecule has 1 unspecified atom stereocenters. The van der Waals surface area contributed by atoms with Crippen molar-refractivity contribution in [2.75, 3.05) is 26.2 Å². The Balaban J connectivity index is 2.54. The maximum absolute atomic E-state index is 12.2. The van der Waals surface area contributed by atoms with Gasteiger partial charge in [0.05, 0.1) is 0 Å². The molecule has 1 N–H and O–H groups in total. The normalized spacial score (nSPS) is 18.7. The standard InChI is InChI=1S/C13H24N2O3/c1-5-13(3,4)12(18)15-8-6-14(7-9-15)11(17)10(2)16/h10,16H,5-9H2,1-4H3. The summed E-state index contributed by atoms with van der Waals surface area (Å²) in [6.07, 6.45) is -0.155. The van der Waals surface area contributed by atoms with Gasteiger partial charge in [-0.05, 0) is 13.3 Å². The Bertz CT molecular complexity index is 318. The van der Waals surface area contributed by atoms with Gasteiger partial charge in [-0.1, -0.05) is 20.8 Å². The van der Waals surface area contributed by atoms with Crippen LogP contribution in [0, 0.1) is 5.41 Å². The number of carbonyl (C=O) groups excluding carboxylic acids is 2. The van der Waals surface area contributed by atoms with Gasteiger partial charge in [0.1, 0.15) is 6.10 Å². The predicted molar refractivity (Wildman–Crippen MR) is 68.9 cm³/mol. The Labute approximate surface area is 109 Å². The summed E-state index contributed by atoms with van der Waals surface area (Å²) in [5, 5.41) is 9.24. The Morgan fingerprint density at radius 3 is 2.00 bits per heavy atom. The molecule has 0 radical (unpaired) electrons. The molecule has 0 aromatic carbocycles. The van der Waals surface area contributed by atoms with E-state index in [4.69, 9.17) is 0 Å². The van der Waals surface area contributed by atoms with Crippen LogP contribution in [0.5, 0.6) is 0 Å². The summed E-state index contributed by atoms with van der Waals surface area (Å²) in [6.45, 7) is 9.50. The van der Waals surface area contributed by atoms with Crippen LogP contribution in [0.2, 0.25) is 0 Å². The van der Waals surface area contributed by atoms with Crippen molar-refractivity contribution >= 4 is 11.8 Å². The number of hydrogen-bond donors (Lipinski definition) is 1. The van der Waals surface area contributed by atoms with E-state index < -0.39 is 6.10 Å². The van der Waals surface area contributed by atoms with E-state index in [1.807, 2.05) is 25.7 Å². The van der Waals surface area contributed by atoms with E-state index >= 15 is 0 Å². The molecule has 1 aliphatic heterocycles. The maximum atomic E-state index is 12.2. The minimum Gasteiger partial charge on any atom is -0.384 e. The zero-order valence-electron chi connectivity index (χ0n) is 11.8. The molecule has 18 heavy (non-hydrogen) atoms. The topological polar surface area (TPSA) is 60.9 Å². The molecule has 5 heteroatoms. The summed E-state index contributed by atoms with van der Waals surface area (Å²) in [6, 6.07) is 0. The van der Waals surface area contributed by atoms with Gasteiger partial charge < -0.3 is 14.9 Å². The second-order valence-corrected chi connectivity index (χ2v) is 5.53. The maximum Gasteiger partial charge on any atom is 0.251 e. The van der Waals surface area contributed by atoms with E-state index in [1.54, 1.807) is 4.90 Å². The minimum absolute atomic E-state index is 0.147. The lowest BCUT2D eigenvalue weighted by molar-refractivity contribution is -0.148. The van der Waals surface area contributed by atoms with Gasteiger partial charge in [-0.3, -0.25) is 9.59 Å². The lowest BCUT2D eigenvalue weighted by Gasteiger charge is -2.38. The van der Waals surface area contributed by atoms with E-state index in [0.29, 0.717) is 26.2 Å². The second-order valence-electron chi connectivity index (χ2n) is 5.53. The predicted octanol–water partition coefficient (Wildman–Crippen LogP) is 0.474. The molecule has 104 valence electrons. The molecule has 0 aliphatic carbocycles. The SMILES string of the molecule is CCC(C)(C)C(=O)N1CCN(C(=O)C(C)O)CC1. The number of nitrogens with zero attached hydrogens (tertiary/aromatic N) is 2. The molecule has 0 spiro atoms. The quantitative estimate of drug-likeness (QED) is 0.798. The highest BCUT2D eigenvalue weighted by Crippen LogP contribution is 2.23. The van der Waals surface area contributed by atoms with Gasteiger partial charge in [0, 0.05) is 31.6 Å². The molecule has 1 saturated heterocycles. The number of aliphatic hydroxyl groups is 1. The number of aliphatic hydroxyl groups excluding tert-OH is 1. The highest BCUT2D eigenvalue weighted by molar-refractivity contribution is 5.83. The molecule has 0 aromatic heterocycles. The van der Waals surface area contributed by atoms with Crippen LogP contribution in [0.4, 0.5) is 0 Å². The van der Waals surface area contributed by atoms with Crippen LogP contribution in [0.15, 0.2) is 0 Å². The third-order valence-electron chi connectivity index (χ3n) is 3.70. The first kappa shape index (κ1) is 15.0. The van der Waals surface area contributed by atoms with Crippen molar-refractivity contribution in [1.82, 2.24) is 9.80 Å². The van der Waals surface area contributed by atoms with Crippen molar-refractivity contribution in [1.29, 1.82) is 0 Å². The average Bonchev–Trinajstić information content (AvgIpc) is 2.37. The average molecular weight is 256 g/mol. The fourth-order valence-electron chi connectivity index (χ4n) is 1.97. The van der Waals surface area contributed by atoms with Gasteiger partial charge in [-0.15, -0.1) is 0 Å². The van der Waals surface area contributed by atoms with Gasteiger partial charge in [-0.25, -0.2) is 0 Å². The van der Waals surface area contributed by atoms with E-state index in [0.717, 1.165) is 6.42 Å². The van der Waals surface area contributed by atoms with E-state index in [-0.39, 0.29) is 17.2 Å². The zero-order valence-corrected chi connectivity index (χ0v) is 11.8. The summed E-state index contributed by atoms with van der Waals surface area (Å²) in [5.41, 5.74) is -0.337. The molecule has 1 heterocycles. The zero-order chi connectivity index (χ0) is 13.9. The Morgan fingerprint density at radius 1 is 1.17 bits per heavy atom. The van der Waals surface area contributed by atoms with Crippen molar-refractivity contribution in [3.63, 3.8) is 0 Å². The molecule has 0 aromatic rings. The lowest BCUT2D eigenvalue weighted by Crippen LogP contribution is -2.54. The minimum atomic E-state index is -0.959. The number of hydrogen-bond acceptors (Lipinski definition) is 3. The largest absolute Gasteiger partial charge is 0.384 e. The molecular formula is C13H24N2O3. The van der Waals surface area contributed by atoms with Gasteiger partial charge in [0.25, 0.3) is 5.91 Å². The van der Waals surface area contributed by atoms with Gasteiger partial charge in [0.15, 0.2) is 0 Å². The van der Waals surface area contributed by atoms with Crippen LogP contribution in [0.25, 0.3) is 0 Å². The number of carbonyl (C=O) groups is 2. The molecule has 1 aliphatic rings. The molecule has 2 amide bonds. The molecule has 1 rings (SSSR count). The first-order valence-corrected chi connectivity index (χ1v) is 6.56. The first-order chi connectivity index (χ1) is 8.29. The van der Waals surface area contributed by atoms with Crippen LogP contribution in [-0.4, -0.2) is 59.0 Å². The summed E-state index contributed by atoms with van der Waals surface area (Å²) >= 11 is 0. The lowest BCUT2D eigenvalue weighted by atomic mass is 9.88.